The number of ether oxygens (including phenoxy) is 1. The Morgan fingerprint density at radius 1 is 1.09 bits per heavy atom. The van der Waals surface area contributed by atoms with Gasteiger partial charge in [-0.1, -0.05) is 32.9 Å². The summed E-state index contributed by atoms with van der Waals surface area (Å²) in [6.07, 6.45) is 3.59. The van der Waals surface area contributed by atoms with Crippen LogP contribution in [-0.4, -0.2) is 43.6 Å². The van der Waals surface area contributed by atoms with Crippen molar-refractivity contribution in [3.8, 4) is 5.75 Å². The minimum Gasteiger partial charge on any atom is -0.493 e. The monoisotopic (exact) mass is 320 g/mol. The summed E-state index contributed by atoms with van der Waals surface area (Å²) in [5, 5.41) is 2.96. The summed E-state index contributed by atoms with van der Waals surface area (Å²) in [4.78, 5) is 14.1. The van der Waals surface area contributed by atoms with Crippen molar-refractivity contribution < 1.29 is 9.53 Å². The predicted octanol–water partition coefficient (Wildman–Crippen LogP) is 3.26. The number of carbonyl (C=O) groups is 1. The minimum atomic E-state index is 0.0676. The third-order valence-corrected chi connectivity index (χ3v) is 4.05. The van der Waals surface area contributed by atoms with E-state index in [9.17, 15) is 4.79 Å². The van der Waals surface area contributed by atoms with Gasteiger partial charge in [-0.25, -0.2) is 0 Å². The molecule has 0 heterocycles. The molecule has 0 saturated carbocycles. The number of benzene rings is 1. The van der Waals surface area contributed by atoms with Gasteiger partial charge in [0.25, 0.3) is 0 Å². The molecular formula is C19H32N2O2. The molecule has 23 heavy (non-hydrogen) atoms. The molecule has 1 amide bonds. The van der Waals surface area contributed by atoms with E-state index in [0.29, 0.717) is 13.0 Å². The first kappa shape index (κ1) is 19.5. The van der Waals surface area contributed by atoms with E-state index in [1.807, 2.05) is 12.1 Å². The number of unbranched alkanes of at least 4 members (excludes halogenated alkanes) is 1. The second kappa shape index (κ2) is 11.9. The summed E-state index contributed by atoms with van der Waals surface area (Å²) in [5.41, 5.74) is 1.29. The van der Waals surface area contributed by atoms with Crippen LogP contribution in [0.1, 0.15) is 45.6 Å². The van der Waals surface area contributed by atoms with Crippen molar-refractivity contribution in [1.29, 1.82) is 0 Å². The van der Waals surface area contributed by atoms with Gasteiger partial charge in [-0.05, 0) is 56.6 Å². The van der Waals surface area contributed by atoms with Crippen molar-refractivity contribution in [1.82, 2.24) is 10.2 Å². The quantitative estimate of drug-likeness (QED) is 0.601. The first-order valence-corrected chi connectivity index (χ1v) is 8.90. The molecule has 4 heteroatoms. The molecule has 0 aromatic heterocycles. The second-order valence-electron chi connectivity index (χ2n) is 5.68. The molecule has 0 unspecified atom stereocenters. The van der Waals surface area contributed by atoms with E-state index in [0.717, 1.165) is 51.2 Å². The van der Waals surface area contributed by atoms with Gasteiger partial charge in [0.1, 0.15) is 5.75 Å². The van der Waals surface area contributed by atoms with Crippen LogP contribution in [0.3, 0.4) is 0 Å². The number of rotatable bonds is 12. The zero-order valence-electron chi connectivity index (χ0n) is 14.9. The van der Waals surface area contributed by atoms with Crippen molar-refractivity contribution >= 4 is 5.91 Å². The highest BCUT2D eigenvalue weighted by atomic mass is 16.5. The Kier molecular flexibility index (Phi) is 10.1. The average Bonchev–Trinajstić information content (AvgIpc) is 2.58. The molecule has 0 bridgehead atoms. The molecule has 130 valence electrons. The molecule has 1 N–H and O–H groups in total. The van der Waals surface area contributed by atoms with Crippen LogP contribution in [0.15, 0.2) is 24.3 Å². The van der Waals surface area contributed by atoms with Crippen molar-refractivity contribution in [2.45, 2.75) is 46.5 Å². The van der Waals surface area contributed by atoms with E-state index < -0.39 is 0 Å². The lowest BCUT2D eigenvalue weighted by Gasteiger charge is -2.17. The molecule has 0 fully saturated rings. The van der Waals surface area contributed by atoms with Gasteiger partial charge in [0.15, 0.2) is 0 Å². The van der Waals surface area contributed by atoms with Crippen molar-refractivity contribution in [3.63, 3.8) is 0 Å². The van der Waals surface area contributed by atoms with Crippen molar-refractivity contribution in [2.24, 2.45) is 0 Å². The maximum absolute atomic E-state index is 11.7. The SMILES string of the molecule is CCc1ccc(OCCC(=O)NCCCCN(CC)CC)cc1. The zero-order chi connectivity index (χ0) is 16.9. The van der Waals surface area contributed by atoms with Gasteiger partial charge >= 0.3 is 0 Å². The maximum atomic E-state index is 11.7. The molecule has 0 spiro atoms. The first-order chi connectivity index (χ1) is 11.2. The van der Waals surface area contributed by atoms with E-state index in [1.165, 1.54) is 5.56 Å². The molecular weight excluding hydrogens is 288 g/mol. The minimum absolute atomic E-state index is 0.0676. The molecule has 0 atom stereocenters. The standard InChI is InChI=1S/C19H32N2O2/c1-4-17-9-11-18(12-10-17)23-16-13-19(22)20-14-7-8-15-21(5-2)6-3/h9-12H,4-8,13-16H2,1-3H3,(H,20,22). The number of nitrogens with zero attached hydrogens (tertiary/aromatic N) is 1. The highest BCUT2D eigenvalue weighted by Crippen LogP contribution is 2.12. The third-order valence-electron chi connectivity index (χ3n) is 4.05. The molecule has 1 aromatic carbocycles. The molecule has 0 aliphatic rings. The molecule has 0 aliphatic heterocycles. The Morgan fingerprint density at radius 3 is 2.39 bits per heavy atom. The van der Waals surface area contributed by atoms with Crippen molar-refractivity contribution in [2.75, 3.05) is 32.8 Å². The van der Waals surface area contributed by atoms with Crippen LogP contribution in [-0.2, 0) is 11.2 Å². The number of aryl methyl sites for hydroxylation is 1. The van der Waals surface area contributed by atoms with E-state index in [2.05, 4.69) is 43.1 Å². The van der Waals surface area contributed by atoms with Gasteiger partial charge in [0.2, 0.25) is 5.91 Å². The number of amides is 1. The first-order valence-electron chi connectivity index (χ1n) is 8.90. The fraction of sp³-hybridized carbons (Fsp3) is 0.632. The molecule has 0 aliphatic carbocycles. The largest absolute Gasteiger partial charge is 0.493 e. The Balaban J connectivity index is 2.05. The van der Waals surface area contributed by atoms with Gasteiger partial charge in [0, 0.05) is 6.54 Å². The van der Waals surface area contributed by atoms with E-state index in [1.54, 1.807) is 0 Å². The summed E-state index contributed by atoms with van der Waals surface area (Å²) in [6, 6.07) is 8.05. The van der Waals surface area contributed by atoms with Gasteiger partial charge in [-0.2, -0.15) is 0 Å². The smallest absolute Gasteiger partial charge is 0.223 e. The molecule has 1 aromatic rings. The topological polar surface area (TPSA) is 41.6 Å². The molecule has 0 saturated heterocycles. The molecule has 1 rings (SSSR count). The fourth-order valence-electron chi connectivity index (χ4n) is 2.40. The van der Waals surface area contributed by atoms with Crippen LogP contribution < -0.4 is 10.1 Å². The summed E-state index contributed by atoms with van der Waals surface area (Å²) < 4.78 is 5.60. The fourth-order valence-corrected chi connectivity index (χ4v) is 2.40. The number of hydrogen-bond donors (Lipinski definition) is 1. The van der Waals surface area contributed by atoms with Gasteiger partial charge in [0.05, 0.1) is 13.0 Å². The van der Waals surface area contributed by atoms with Gasteiger partial charge in [-0.15, -0.1) is 0 Å². The van der Waals surface area contributed by atoms with E-state index >= 15 is 0 Å². The number of carbonyl (C=O) groups excluding carboxylic acids is 1. The normalized spacial score (nSPS) is 10.8. The zero-order valence-corrected chi connectivity index (χ0v) is 14.9. The third kappa shape index (κ3) is 8.60. The lowest BCUT2D eigenvalue weighted by molar-refractivity contribution is -0.121. The van der Waals surface area contributed by atoms with Gasteiger partial charge in [-0.3, -0.25) is 4.79 Å². The predicted molar refractivity (Wildman–Crippen MR) is 96.0 cm³/mol. The highest BCUT2D eigenvalue weighted by Gasteiger charge is 2.03. The van der Waals surface area contributed by atoms with Crippen LogP contribution in [0.25, 0.3) is 0 Å². The summed E-state index contributed by atoms with van der Waals surface area (Å²) in [5.74, 6) is 0.896. The van der Waals surface area contributed by atoms with E-state index in [4.69, 9.17) is 4.74 Å². The van der Waals surface area contributed by atoms with Crippen LogP contribution in [0, 0.1) is 0 Å². The van der Waals surface area contributed by atoms with E-state index in [-0.39, 0.29) is 5.91 Å². The van der Waals surface area contributed by atoms with Crippen LogP contribution in [0.4, 0.5) is 0 Å². The Hall–Kier alpha value is -1.55. The Labute approximate surface area is 141 Å². The Bertz CT molecular complexity index is 428. The van der Waals surface area contributed by atoms with Crippen LogP contribution in [0.5, 0.6) is 5.75 Å². The van der Waals surface area contributed by atoms with Crippen molar-refractivity contribution in [3.05, 3.63) is 29.8 Å². The Morgan fingerprint density at radius 2 is 1.78 bits per heavy atom. The molecule has 0 radical (unpaired) electrons. The average molecular weight is 320 g/mol. The van der Waals surface area contributed by atoms with Gasteiger partial charge < -0.3 is 15.0 Å². The maximum Gasteiger partial charge on any atom is 0.223 e. The molecule has 4 nitrogen and oxygen atoms in total. The summed E-state index contributed by atoms with van der Waals surface area (Å²) in [6.45, 7) is 11.0. The van der Waals surface area contributed by atoms with Crippen LogP contribution >= 0.6 is 0 Å². The summed E-state index contributed by atoms with van der Waals surface area (Å²) in [7, 11) is 0. The highest BCUT2D eigenvalue weighted by molar-refractivity contribution is 5.75. The number of hydrogen-bond acceptors (Lipinski definition) is 3. The second-order valence-corrected chi connectivity index (χ2v) is 5.68. The summed E-state index contributed by atoms with van der Waals surface area (Å²) >= 11 is 0. The lowest BCUT2D eigenvalue weighted by atomic mass is 10.2. The van der Waals surface area contributed by atoms with Crippen LogP contribution in [0.2, 0.25) is 0 Å². The lowest BCUT2D eigenvalue weighted by Crippen LogP contribution is -2.28. The number of nitrogens with one attached hydrogen (secondary N) is 1.